The molecule has 0 fully saturated rings. The average Bonchev–Trinajstić information content (AvgIpc) is 4.00. The number of anilines is 2. The molecule has 3 aromatic heterocycles. The fourth-order valence-electron chi connectivity index (χ4n) is 9.56. The molecule has 5 aromatic carbocycles. The molecule has 0 N–H and O–H groups in total. The molecule has 1 aliphatic heterocycles. The standard InChI is InChI=1S/C52H38N2O2/c1-4-14-33(15-5-1)36-28-37(34-24-26-45-43(31-34)49-41-20-10-12-22-47(41)55-51(49)53(45)39-16-6-2-7-17-39)30-38(29-36)35-25-27-46-44(32-35)50-42-21-11-13-23-48(42)56-52(50)54(46)40-18-8-3-9-19-40/h2-4,6-12,14-22,24-25,27-32,45H,1,5,13,23,26H2. The van der Waals surface area contributed by atoms with Gasteiger partial charge < -0.3 is 13.7 Å². The van der Waals surface area contributed by atoms with Crippen LogP contribution in [-0.4, -0.2) is 10.6 Å². The van der Waals surface area contributed by atoms with E-state index in [-0.39, 0.29) is 6.04 Å². The molecule has 1 unspecified atom stereocenters. The molecular weight excluding hydrogens is 685 g/mol. The number of hydrogen-bond acceptors (Lipinski definition) is 3. The van der Waals surface area contributed by atoms with Crippen LogP contribution >= 0.6 is 0 Å². The molecule has 4 nitrogen and oxygen atoms in total. The highest BCUT2D eigenvalue weighted by atomic mass is 16.4. The van der Waals surface area contributed by atoms with Gasteiger partial charge in [-0.1, -0.05) is 97.1 Å². The van der Waals surface area contributed by atoms with Crippen LogP contribution < -0.4 is 4.90 Å². The SMILES string of the molecule is C1=CC(c2cc(C3=CCC4C(=C3)c3c(oc5ccccc35)N4c3ccccc3)cc(-c3ccc4c(c3)c3c5c(oc3n4-c3ccccc3)CCC=C5)c2)=CCC1. The maximum Gasteiger partial charge on any atom is 0.213 e. The summed E-state index contributed by atoms with van der Waals surface area (Å²) in [7, 11) is 0. The summed E-state index contributed by atoms with van der Waals surface area (Å²) in [6.45, 7) is 0. The van der Waals surface area contributed by atoms with E-state index in [4.69, 9.17) is 8.83 Å². The molecule has 12 rings (SSSR count). The number of allylic oxidation sites excluding steroid dienone is 7. The van der Waals surface area contributed by atoms with E-state index in [9.17, 15) is 0 Å². The number of hydrogen-bond donors (Lipinski definition) is 0. The third kappa shape index (κ3) is 4.78. The molecule has 4 heterocycles. The van der Waals surface area contributed by atoms with Gasteiger partial charge in [0, 0.05) is 34.1 Å². The van der Waals surface area contributed by atoms with E-state index in [1.165, 1.54) is 66.3 Å². The van der Waals surface area contributed by atoms with Gasteiger partial charge in [0.25, 0.3) is 0 Å². The predicted octanol–water partition coefficient (Wildman–Crippen LogP) is 13.9. The monoisotopic (exact) mass is 722 g/mol. The van der Waals surface area contributed by atoms with Gasteiger partial charge in [-0.25, -0.2) is 0 Å². The highest BCUT2D eigenvalue weighted by molar-refractivity contribution is 6.13. The van der Waals surface area contributed by atoms with Crippen LogP contribution in [0, 0.1) is 0 Å². The number of nitrogens with zero attached hydrogens (tertiary/aromatic N) is 2. The first-order valence-corrected chi connectivity index (χ1v) is 19.9. The van der Waals surface area contributed by atoms with Crippen LogP contribution in [0.4, 0.5) is 11.6 Å². The Balaban J connectivity index is 1.03. The molecule has 0 radical (unpaired) electrons. The molecule has 8 aromatic rings. The molecular formula is C52H38N2O2. The van der Waals surface area contributed by atoms with Crippen LogP contribution in [0.15, 0.2) is 167 Å². The summed E-state index contributed by atoms with van der Waals surface area (Å²) >= 11 is 0. The lowest BCUT2D eigenvalue weighted by molar-refractivity contribution is 0.532. The normalized spacial score (nSPS) is 17.2. The van der Waals surface area contributed by atoms with E-state index in [0.29, 0.717) is 0 Å². The largest absolute Gasteiger partial charge is 0.443 e. The van der Waals surface area contributed by atoms with Crippen LogP contribution in [0.5, 0.6) is 0 Å². The van der Waals surface area contributed by atoms with Crippen molar-refractivity contribution in [3.63, 3.8) is 0 Å². The number of fused-ring (bicyclic) bond motifs is 10. The summed E-state index contributed by atoms with van der Waals surface area (Å²) in [6, 6.07) is 44.1. The van der Waals surface area contributed by atoms with Gasteiger partial charge in [-0.05, 0) is 131 Å². The van der Waals surface area contributed by atoms with Crippen molar-refractivity contribution in [1.29, 1.82) is 0 Å². The van der Waals surface area contributed by atoms with Crippen molar-refractivity contribution in [3.05, 3.63) is 186 Å². The van der Waals surface area contributed by atoms with Gasteiger partial charge >= 0.3 is 0 Å². The van der Waals surface area contributed by atoms with Gasteiger partial charge in [0.15, 0.2) is 0 Å². The second kappa shape index (κ2) is 12.4. The number of aromatic nitrogens is 1. The van der Waals surface area contributed by atoms with Crippen molar-refractivity contribution in [2.75, 3.05) is 4.90 Å². The summed E-state index contributed by atoms with van der Waals surface area (Å²) in [6.07, 6.45) is 21.4. The maximum absolute atomic E-state index is 6.69. The number of rotatable bonds is 5. The molecule has 3 aliphatic carbocycles. The minimum Gasteiger partial charge on any atom is -0.443 e. The molecule has 0 spiro atoms. The molecule has 1 atom stereocenters. The van der Waals surface area contributed by atoms with E-state index in [1.807, 2.05) is 0 Å². The number of para-hydroxylation sites is 3. The Morgan fingerprint density at radius 1 is 0.589 bits per heavy atom. The van der Waals surface area contributed by atoms with Crippen molar-refractivity contribution in [2.24, 2.45) is 0 Å². The zero-order valence-electron chi connectivity index (χ0n) is 30.9. The summed E-state index contributed by atoms with van der Waals surface area (Å²) < 4.78 is 15.6. The van der Waals surface area contributed by atoms with Crippen molar-refractivity contribution < 1.29 is 8.83 Å². The first-order chi connectivity index (χ1) is 27.8. The van der Waals surface area contributed by atoms with E-state index in [1.54, 1.807) is 0 Å². The fourth-order valence-corrected chi connectivity index (χ4v) is 9.56. The Morgan fingerprint density at radius 2 is 1.36 bits per heavy atom. The summed E-state index contributed by atoms with van der Waals surface area (Å²) in [5.74, 6) is 2.02. The third-order valence-corrected chi connectivity index (χ3v) is 12.1. The van der Waals surface area contributed by atoms with Gasteiger partial charge in [-0.15, -0.1) is 0 Å². The fraction of sp³-hybridized carbons (Fsp3) is 0.115. The van der Waals surface area contributed by atoms with Crippen LogP contribution in [0.3, 0.4) is 0 Å². The van der Waals surface area contributed by atoms with Crippen LogP contribution in [0.1, 0.15) is 53.7 Å². The van der Waals surface area contributed by atoms with Crippen molar-refractivity contribution in [2.45, 2.75) is 38.1 Å². The minimum atomic E-state index is 0.166. The van der Waals surface area contributed by atoms with Crippen LogP contribution in [-0.2, 0) is 6.42 Å². The zero-order valence-corrected chi connectivity index (χ0v) is 30.9. The molecule has 0 saturated carbocycles. The van der Waals surface area contributed by atoms with E-state index in [2.05, 4.69) is 173 Å². The van der Waals surface area contributed by atoms with Gasteiger partial charge in [0.1, 0.15) is 11.3 Å². The Bertz CT molecular complexity index is 3050. The quantitative estimate of drug-likeness (QED) is 0.177. The zero-order chi connectivity index (χ0) is 36.7. The molecule has 0 saturated heterocycles. The Kier molecular flexibility index (Phi) is 6.97. The number of benzene rings is 5. The molecule has 268 valence electrons. The smallest absolute Gasteiger partial charge is 0.213 e. The predicted molar refractivity (Wildman–Crippen MR) is 231 cm³/mol. The maximum atomic E-state index is 6.69. The second-order valence-electron chi connectivity index (χ2n) is 15.4. The van der Waals surface area contributed by atoms with Crippen LogP contribution in [0.2, 0.25) is 0 Å². The van der Waals surface area contributed by atoms with Crippen molar-refractivity contribution >= 4 is 67.3 Å². The van der Waals surface area contributed by atoms with E-state index in [0.717, 1.165) is 71.9 Å². The highest BCUT2D eigenvalue weighted by Crippen LogP contribution is 2.53. The van der Waals surface area contributed by atoms with Gasteiger partial charge in [0.2, 0.25) is 11.6 Å². The Hall–Kier alpha value is -6.78. The number of furan rings is 2. The third-order valence-electron chi connectivity index (χ3n) is 12.1. The van der Waals surface area contributed by atoms with Gasteiger partial charge in [-0.2, -0.15) is 0 Å². The first-order valence-electron chi connectivity index (χ1n) is 19.9. The summed E-state index contributed by atoms with van der Waals surface area (Å²) in [4.78, 5) is 2.40. The molecule has 0 amide bonds. The lowest BCUT2D eigenvalue weighted by atomic mass is 9.86. The average molecular weight is 723 g/mol. The second-order valence-corrected chi connectivity index (χ2v) is 15.4. The Labute approximate surface area is 325 Å². The summed E-state index contributed by atoms with van der Waals surface area (Å²) in [5.41, 5.74) is 16.4. The lowest BCUT2D eigenvalue weighted by Gasteiger charge is -2.28. The van der Waals surface area contributed by atoms with Crippen molar-refractivity contribution in [3.8, 4) is 16.8 Å². The van der Waals surface area contributed by atoms with E-state index >= 15 is 0 Å². The minimum absolute atomic E-state index is 0.166. The van der Waals surface area contributed by atoms with Crippen molar-refractivity contribution in [1.82, 2.24) is 4.57 Å². The topological polar surface area (TPSA) is 34.5 Å². The number of aryl methyl sites for hydroxylation is 1. The Morgan fingerprint density at radius 3 is 2.20 bits per heavy atom. The summed E-state index contributed by atoms with van der Waals surface area (Å²) in [5, 5.41) is 3.59. The molecule has 0 bridgehead atoms. The van der Waals surface area contributed by atoms with Gasteiger partial charge in [-0.3, -0.25) is 4.57 Å². The van der Waals surface area contributed by atoms with E-state index < -0.39 is 0 Å². The highest BCUT2D eigenvalue weighted by Gasteiger charge is 2.40. The van der Waals surface area contributed by atoms with Gasteiger partial charge in [0.05, 0.1) is 22.5 Å². The molecule has 4 heteroatoms. The molecule has 56 heavy (non-hydrogen) atoms. The first kappa shape index (κ1) is 31.6. The van der Waals surface area contributed by atoms with Crippen LogP contribution in [0.25, 0.3) is 72.6 Å². The lowest BCUT2D eigenvalue weighted by Crippen LogP contribution is -2.27. The molecule has 4 aliphatic rings.